The monoisotopic (exact) mass is 279 g/mol. The molecule has 0 aliphatic rings. The molecular formula is C7H7Br2NO. The minimum Gasteiger partial charge on any atom is -0.314 e. The lowest BCUT2D eigenvalue weighted by molar-refractivity contribution is 0.806. The Morgan fingerprint density at radius 2 is 1.91 bits per heavy atom. The highest BCUT2D eigenvalue weighted by Crippen LogP contribution is 2.16. The fraction of sp³-hybridized carbons (Fsp3) is 0.286. The molecule has 1 aromatic heterocycles. The van der Waals surface area contributed by atoms with Crippen molar-refractivity contribution in [2.24, 2.45) is 7.05 Å². The van der Waals surface area contributed by atoms with Crippen molar-refractivity contribution < 1.29 is 0 Å². The molecule has 0 aliphatic carbocycles. The smallest absolute Gasteiger partial charge is 0.264 e. The fourth-order valence-corrected chi connectivity index (χ4v) is 2.05. The lowest BCUT2D eigenvalue weighted by Gasteiger charge is -2.05. The van der Waals surface area contributed by atoms with Crippen molar-refractivity contribution in [2.45, 2.75) is 6.92 Å². The van der Waals surface area contributed by atoms with Crippen LogP contribution in [-0.4, -0.2) is 4.57 Å². The Bertz CT molecular complexity index is 343. The lowest BCUT2D eigenvalue weighted by Crippen LogP contribution is -2.19. The van der Waals surface area contributed by atoms with Crippen LogP contribution in [0.25, 0.3) is 0 Å². The first-order chi connectivity index (χ1) is 5.04. The van der Waals surface area contributed by atoms with Crippen LogP contribution in [0.3, 0.4) is 0 Å². The van der Waals surface area contributed by atoms with Crippen molar-refractivity contribution in [3.8, 4) is 0 Å². The summed E-state index contributed by atoms with van der Waals surface area (Å²) in [4.78, 5) is 11.2. The van der Waals surface area contributed by atoms with E-state index in [-0.39, 0.29) is 5.56 Å². The first-order valence-corrected chi connectivity index (χ1v) is 4.64. The predicted molar refractivity (Wildman–Crippen MR) is 51.8 cm³/mol. The number of halogens is 2. The maximum Gasteiger partial charge on any atom is 0.264 e. The van der Waals surface area contributed by atoms with Gasteiger partial charge in [0.2, 0.25) is 0 Å². The molecule has 11 heavy (non-hydrogen) atoms. The molecule has 0 radical (unpaired) electrons. The maximum absolute atomic E-state index is 11.2. The van der Waals surface area contributed by atoms with Crippen LogP contribution in [0.1, 0.15) is 5.69 Å². The molecule has 0 unspecified atom stereocenters. The van der Waals surface area contributed by atoms with Crippen LogP contribution in [0, 0.1) is 6.92 Å². The van der Waals surface area contributed by atoms with E-state index in [4.69, 9.17) is 0 Å². The van der Waals surface area contributed by atoms with Gasteiger partial charge in [0.25, 0.3) is 5.56 Å². The first kappa shape index (κ1) is 9.00. The molecule has 1 rings (SSSR count). The van der Waals surface area contributed by atoms with Gasteiger partial charge in [-0.15, -0.1) is 0 Å². The molecule has 60 valence electrons. The van der Waals surface area contributed by atoms with Crippen LogP contribution < -0.4 is 5.56 Å². The fourth-order valence-electron chi connectivity index (χ4n) is 0.750. The molecule has 2 nitrogen and oxygen atoms in total. The first-order valence-electron chi connectivity index (χ1n) is 3.05. The van der Waals surface area contributed by atoms with Gasteiger partial charge < -0.3 is 4.57 Å². The van der Waals surface area contributed by atoms with Gasteiger partial charge in [-0.2, -0.15) is 0 Å². The summed E-state index contributed by atoms with van der Waals surface area (Å²) in [5.41, 5.74) is 0.920. The van der Waals surface area contributed by atoms with Crippen molar-refractivity contribution in [3.05, 3.63) is 31.1 Å². The summed E-state index contributed by atoms with van der Waals surface area (Å²) >= 11 is 6.51. The minimum atomic E-state index is -0.00861. The quantitative estimate of drug-likeness (QED) is 0.714. The molecular weight excluding hydrogens is 274 g/mol. The molecule has 1 aromatic rings. The van der Waals surface area contributed by atoms with E-state index in [1.54, 1.807) is 17.7 Å². The second kappa shape index (κ2) is 3.11. The Labute approximate surface area is 81.5 Å². The molecule has 4 heteroatoms. The molecule has 0 saturated carbocycles. The van der Waals surface area contributed by atoms with Gasteiger partial charge in [0.15, 0.2) is 0 Å². The van der Waals surface area contributed by atoms with Gasteiger partial charge in [0.05, 0.1) is 4.47 Å². The van der Waals surface area contributed by atoms with Crippen molar-refractivity contribution in [2.75, 3.05) is 0 Å². The lowest BCUT2D eigenvalue weighted by atomic mass is 10.4. The van der Waals surface area contributed by atoms with E-state index in [1.807, 2.05) is 6.92 Å². The van der Waals surface area contributed by atoms with Crippen LogP contribution in [0.5, 0.6) is 0 Å². The van der Waals surface area contributed by atoms with Crippen molar-refractivity contribution in [3.63, 3.8) is 0 Å². The number of hydrogen-bond donors (Lipinski definition) is 0. The zero-order valence-electron chi connectivity index (χ0n) is 6.19. The second-order valence-electron chi connectivity index (χ2n) is 2.29. The SMILES string of the molecule is Cc1c(Br)cc(Br)c(=O)n1C. The molecule has 0 aliphatic heterocycles. The summed E-state index contributed by atoms with van der Waals surface area (Å²) in [7, 11) is 1.74. The van der Waals surface area contributed by atoms with Crippen molar-refractivity contribution in [1.82, 2.24) is 4.57 Å². The van der Waals surface area contributed by atoms with E-state index in [2.05, 4.69) is 31.9 Å². The Hall–Kier alpha value is -0.0900. The van der Waals surface area contributed by atoms with E-state index in [9.17, 15) is 4.79 Å². The molecule has 0 amide bonds. The zero-order chi connectivity index (χ0) is 8.59. The Balaban J connectivity index is 3.59. The molecule has 0 fully saturated rings. The molecule has 0 atom stereocenters. The number of hydrogen-bond acceptors (Lipinski definition) is 1. The summed E-state index contributed by atoms with van der Waals surface area (Å²) in [5.74, 6) is 0. The van der Waals surface area contributed by atoms with Gasteiger partial charge in [-0.25, -0.2) is 0 Å². The topological polar surface area (TPSA) is 22.0 Å². The normalized spacial score (nSPS) is 10.2. The third kappa shape index (κ3) is 1.56. The Morgan fingerprint density at radius 1 is 1.36 bits per heavy atom. The summed E-state index contributed by atoms with van der Waals surface area (Å²) in [6.07, 6.45) is 0. The van der Waals surface area contributed by atoms with E-state index < -0.39 is 0 Å². The number of aromatic nitrogens is 1. The second-order valence-corrected chi connectivity index (χ2v) is 4.00. The molecule has 0 bridgehead atoms. The van der Waals surface area contributed by atoms with E-state index in [1.165, 1.54) is 0 Å². The van der Waals surface area contributed by atoms with E-state index in [0.29, 0.717) is 4.47 Å². The summed E-state index contributed by atoms with van der Waals surface area (Å²) < 4.78 is 3.11. The van der Waals surface area contributed by atoms with Crippen LogP contribution in [0.15, 0.2) is 19.8 Å². The maximum atomic E-state index is 11.2. The summed E-state index contributed by atoms with van der Waals surface area (Å²) in [5, 5.41) is 0. The van der Waals surface area contributed by atoms with Crippen LogP contribution in [-0.2, 0) is 7.05 Å². The van der Waals surface area contributed by atoms with Crippen LogP contribution in [0.4, 0.5) is 0 Å². The Morgan fingerprint density at radius 3 is 2.45 bits per heavy atom. The predicted octanol–water partition coefficient (Wildman–Crippen LogP) is 2.22. The summed E-state index contributed by atoms with van der Waals surface area (Å²) in [6.45, 7) is 1.89. The minimum absolute atomic E-state index is 0.00861. The number of rotatable bonds is 0. The number of pyridine rings is 1. The highest BCUT2D eigenvalue weighted by Gasteiger charge is 2.03. The van der Waals surface area contributed by atoms with Gasteiger partial charge in [-0.1, -0.05) is 0 Å². The van der Waals surface area contributed by atoms with Gasteiger partial charge in [-0.3, -0.25) is 4.79 Å². The van der Waals surface area contributed by atoms with Crippen LogP contribution in [0.2, 0.25) is 0 Å². The van der Waals surface area contributed by atoms with Gasteiger partial charge in [0.1, 0.15) is 0 Å². The van der Waals surface area contributed by atoms with Crippen LogP contribution >= 0.6 is 31.9 Å². The molecule has 1 heterocycles. The van der Waals surface area contributed by atoms with Gasteiger partial charge in [-0.05, 0) is 44.8 Å². The van der Waals surface area contributed by atoms with Gasteiger partial charge in [0, 0.05) is 17.2 Å². The largest absolute Gasteiger partial charge is 0.314 e. The molecule has 0 saturated heterocycles. The molecule has 0 aromatic carbocycles. The summed E-state index contributed by atoms with van der Waals surface area (Å²) in [6, 6.07) is 1.76. The third-order valence-electron chi connectivity index (χ3n) is 1.61. The standard InChI is InChI=1S/C7H7Br2NO/c1-4-5(8)3-6(9)7(11)10(4)2/h3H,1-2H3. The van der Waals surface area contributed by atoms with Crippen molar-refractivity contribution >= 4 is 31.9 Å². The average Bonchev–Trinajstić information content (AvgIpc) is 1.97. The van der Waals surface area contributed by atoms with E-state index in [0.717, 1.165) is 10.2 Å². The molecule has 0 N–H and O–H groups in total. The van der Waals surface area contributed by atoms with Gasteiger partial charge >= 0.3 is 0 Å². The third-order valence-corrected chi connectivity index (χ3v) is 2.98. The van der Waals surface area contributed by atoms with E-state index >= 15 is 0 Å². The number of nitrogens with zero attached hydrogens (tertiary/aromatic N) is 1. The highest BCUT2D eigenvalue weighted by atomic mass is 79.9. The van der Waals surface area contributed by atoms with Crippen molar-refractivity contribution in [1.29, 1.82) is 0 Å². The highest BCUT2D eigenvalue weighted by molar-refractivity contribution is 9.11. The molecule has 0 spiro atoms. The average molecular weight is 281 g/mol. The zero-order valence-corrected chi connectivity index (χ0v) is 9.36. The Kier molecular flexibility index (Phi) is 2.54.